The van der Waals surface area contributed by atoms with E-state index in [1.807, 2.05) is 30.3 Å². The number of rotatable bonds is 9. The van der Waals surface area contributed by atoms with Crippen molar-refractivity contribution < 1.29 is 17.9 Å². The Balaban J connectivity index is 1.52. The first-order chi connectivity index (χ1) is 13.6. The number of methoxy groups -OCH3 is 1. The maximum absolute atomic E-state index is 12.2. The highest BCUT2D eigenvalue weighted by atomic mass is 32.2. The van der Waals surface area contributed by atoms with Gasteiger partial charge >= 0.3 is 0 Å². The van der Waals surface area contributed by atoms with Crippen molar-refractivity contribution >= 4 is 10.0 Å². The molecule has 0 amide bonds. The van der Waals surface area contributed by atoms with Crippen molar-refractivity contribution in [2.75, 3.05) is 19.5 Å². The minimum Gasteiger partial charge on any atom is -0.497 e. The monoisotopic (exact) mass is 399 g/mol. The van der Waals surface area contributed by atoms with E-state index in [0.29, 0.717) is 17.2 Å². The molecule has 0 aliphatic carbocycles. The molecule has 8 heteroatoms. The van der Waals surface area contributed by atoms with E-state index < -0.39 is 10.0 Å². The number of aromatic nitrogens is 2. The molecule has 0 bridgehead atoms. The third kappa shape index (κ3) is 5.77. The van der Waals surface area contributed by atoms with E-state index in [0.717, 1.165) is 11.3 Å². The third-order valence-electron chi connectivity index (χ3n) is 3.95. The molecule has 3 rings (SSSR count). The van der Waals surface area contributed by atoms with Crippen molar-refractivity contribution in [1.82, 2.24) is 14.7 Å². The normalized spacial score (nSPS) is 11.2. The van der Waals surface area contributed by atoms with Gasteiger partial charge in [0.25, 0.3) is 0 Å². The van der Waals surface area contributed by atoms with Crippen LogP contribution in [-0.2, 0) is 16.6 Å². The zero-order valence-electron chi connectivity index (χ0n) is 15.4. The molecule has 2 aromatic carbocycles. The van der Waals surface area contributed by atoms with E-state index in [1.54, 1.807) is 37.4 Å². The number of benzene rings is 2. The predicted octanol–water partition coefficient (Wildman–Crippen LogP) is 2.65. The lowest BCUT2D eigenvalue weighted by atomic mass is 10.1. The first kappa shape index (κ1) is 19.8. The minimum absolute atomic E-state index is 0.0424. The van der Waals surface area contributed by atoms with Crippen molar-refractivity contribution in [3.8, 4) is 22.8 Å². The lowest BCUT2D eigenvalue weighted by Gasteiger charge is -2.09. The Kier molecular flexibility index (Phi) is 6.57. The van der Waals surface area contributed by atoms with E-state index in [2.05, 4.69) is 14.7 Å². The fourth-order valence-electron chi connectivity index (χ4n) is 2.46. The average Bonchev–Trinajstić information content (AvgIpc) is 2.74. The molecule has 0 unspecified atom stereocenters. The van der Waals surface area contributed by atoms with E-state index >= 15 is 0 Å². The van der Waals surface area contributed by atoms with Gasteiger partial charge in [0.05, 0.1) is 30.8 Å². The molecule has 1 heterocycles. The molecular weight excluding hydrogens is 378 g/mol. The van der Waals surface area contributed by atoms with E-state index in [4.69, 9.17) is 9.47 Å². The summed E-state index contributed by atoms with van der Waals surface area (Å²) in [5.41, 5.74) is 2.28. The van der Waals surface area contributed by atoms with Gasteiger partial charge in [0.15, 0.2) is 0 Å². The Labute approximate surface area is 164 Å². The van der Waals surface area contributed by atoms with Crippen LogP contribution < -0.4 is 14.2 Å². The van der Waals surface area contributed by atoms with Crippen LogP contribution in [0.15, 0.2) is 67.0 Å². The molecular formula is C20H21N3O4S. The summed E-state index contributed by atoms with van der Waals surface area (Å²) in [7, 11) is -1.92. The van der Waals surface area contributed by atoms with Gasteiger partial charge in [-0.25, -0.2) is 23.1 Å². The Morgan fingerprint density at radius 2 is 1.68 bits per heavy atom. The Hall–Kier alpha value is -2.97. The molecule has 0 aliphatic heterocycles. The molecule has 0 fully saturated rings. The summed E-state index contributed by atoms with van der Waals surface area (Å²) < 4.78 is 37.5. The van der Waals surface area contributed by atoms with E-state index in [-0.39, 0.29) is 18.9 Å². The second-order valence-electron chi connectivity index (χ2n) is 5.92. The fraction of sp³-hybridized carbons (Fsp3) is 0.200. The first-order valence-electron chi connectivity index (χ1n) is 8.66. The van der Waals surface area contributed by atoms with Gasteiger partial charge in [-0.15, -0.1) is 0 Å². The molecule has 0 saturated heterocycles. The molecule has 0 saturated carbocycles. The highest BCUT2D eigenvalue weighted by Crippen LogP contribution is 2.17. The highest BCUT2D eigenvalue weighted by molar-refractivity contribution is 7.89. The van der Waals surface area contributed by atoms with Crippen LogP contribution >= 0.6 is 0 Å². The fourth-order valence-corrected chi connectivity index (χ4v) is 3.27. The van der Waals surface area contributed by atoms with Gasteiger partial charge in [-0.3, -0.25) is 0 Å². The van der Waals surface area contributed by atoms with Crippen molar-refractivity contribution in [1.29, 1.82) is 0 Å². The van der Waals surface area contributed by atoms with Crippen molar-refractivity contribution in [3.63, 3.8) is 0 Å². The van der Waals surface area contributed by atoms with Crippen molar-refractivity contribution in [3.05, 3.63) is 72.7 Å². The molecule has 146 valence electrons. The molecule has 3 aromatic rings. The summed E-state index contributed by atoms with van der Waals surface area (Å²) >= 11 is 0. The van der Waals surface area contributed by atoms with Crippen LogP contribution in [0.3, 0.4) is 0 Å². The second kappa shape index (κ2) is 9.29. The molecule has 0 spiro atoms. The van der Waals surface area contributed by atoms with Crippen LogP contribution in [0, 0.1) is 0 Å². The van der Waals surface area contributed by atoms with Crippen LogP contribution in [-0.4, -0.2) is 37.9 Å². The van der Waals surface area contributed by atoms with Gasteiger partial charge in [-0.2, -0.15) is 0 Å². The summed E-state index contributed by atoms with van der Waals surface area (Å²) in [6, 6.07) is 18.4. The quantitative estimate of drug-likeness (QED) is 0.595. The maximum Gasteiger partial charge on any atom is 0.215 e. The van der Waals surface area contributed by atoms with Gasteiger partial charge in [0.1, 0.15) is 24.4 Å². The Morgan fingerprint density at radius 3 is 2.39 bits per heavy atom. The SMILES string of the molecule is COc1ccc(OCCS(=O)(=O)NCc2cc(-c3ccccc3)ncn2)cc1. The van der Waals surface area contributed by atoms with Gasteiger partial charge in [-0.1, -0.05) is 30.3 Å². The minimum atomic E-state index is -3.50. The maximum atomic E-state index is 12.2. The molecule has 28 heavy (non-hydrogen) atoms. The van der Waals surface area contributed by atoms with Gasteiger partial charge in [0.2, 0.25) is 10.0 Å². The molecule has 0 atom stereocenters. The number of hydrogen-bond acceptors (Lipinski definition) is 6. The third-order valence-corrected chi connectivity index (χ3v) is 5.23. The van der Waals surface area contributed by atoms with Gasteiger partial charge in [-0.05, 0) is 30.3 Å². The number of sulfonamides is 1. The average molecular weight is 399 g/mol. The summed E-state index contributed by atoms with van der Waals surface area (Å²) in [4.78, 5) is 8.36. The Morgan fingerprint density at radius 1 is 0.964 bits per heavy atom. The summed E-state index contributed by atoms with van der Waals surface area (Å²) in [6.07, 6.45) is 1.43. The predicted molar refractivity (Wildman–Crippen MR) is 107 cm³/mol. The summed E-state index contributed by atoms with van der Waals surface area (Å²) in [6.45, 7) is 0.133. The largest absolute Gasteiger partial charge is 0.497 e. The van der Waals surface area contributed by atoms with Crippen LogP contribution in [0.25, 0.3) is 11.3 Å². The number of ether oxygens (including phenoxy) is 2. The number of nitrogens with one attached hydrogen (secondary N) is 1. The highest BCUT2D eigenvalue weighted by Gasteiger charge is 2.11. The van der Waals surface area contributed by atoms with Gasteiger partial charge in [0, 0.05) is 5.56 Å². The number of hydrogen-bond donors (Lipinski definition) is 1. The molecule has 7 nitrogen and oxygen atoms in total. The first-order valence-corrected chi connectivity index (χ1v) is 10.3. The topological polar surface area (TPSA) is 90.4 Å². The number of nitrogens with zero attached hydrogens (tertiary/aromatic N) is 2. The van der Waals surface area contributed by atoms with Crippen LogP contribution in [0.2, 0.25) is 0 Å². The van der Waals surface area contributed by atoms with Crippen LogP contribution in [0.4, 0.5) is 0 Å². The van der Waals surface area contributed by atoms with Gasteiger partial charge < -0.3 is 9.47 Å². The van der Waals surface area contributed by atoms with Crippen LogP contribution in [0.1, 0.15) is 5.69 Å². The lowest BCUT2D eigenvalue weighted by molar-refractivity contribution is 0.339. The van der Waals surface area contributed by atoms with Crippen molar-refractivity contribution in [2.24, 2.45) is 0 Å². The Bertz CT molecular complexity index is 993. The molecule has 0 aliphatic rings. The van der Waals surface area contributed by atoms with Crippen LogP contribution in [0.5, 0.6) is 11.5 Å². The second-order valence-corrected chi connectivity index (χ2v) is 7.85. The molecule has 0 radical (unpaired) electrons. The van der Waals surface area contributed by atoms with E-state index in [9.17, 15) is 8.42 Å². The zero-order valence-corrected chi connectivity index (χ0v) is 16.2. The molecule has 1 N–H and O–H groups in total. The summed E-state index contributed by atoms with van der Waals surface area (Å²) in [5.74, 6) is 1.14. The smallest absolute Gasteiger partial charge is 0.215 e. The zero-order chi connectivity index (χ0) is 19.8. The lowest BCUT2D eigenvalue weighted by Crippen LogP contribution is -2.29. The van der Waals surface area contributed by atoms with Crippen molar-refractivity contribution in [2.45, 2.75) is 6.54 Å². The standard InChI is InChI=1S/C20H21N3O4S/c1-26-18-7-9-19(10-8-18)27-11-12-28(24,25)23-14-17-13-20(22-15-21-17)16-5-3-2-4-6-16/h2-10,13,15,23H,11-12,14H2,1H3. The molecule has 1 aromatic heterocycles. The summed E-state index contributed by atoms with van der Waals surface area (Å²) in [5, 5.41) is 0. The van der Waals surface area contributed by atoms with E-state index in [1.165, 1.54) is 6.33 Å².